The van der Waals surface area contributed by atoms with Crippen LogP contribution in [0.1, 0.15) is 6.92 Å². The Morgan fingerprint density at radius 1 is 1.60 bits per heavy atom. The average Bonchev–Trinajstić information content (AvgIpc) is 2.17. The van der Waals surface area contributed by atoms with Crippen LogP contribution in [0, 0.1) is 10.1 Å². The third kappa shape index (κ3) is 3.34. The van der Waals surface area contributed by atoms with E-state index in [9.17, 15) is 14.7 Å². The Morgan fingerprint density at radius 3 is 2.80 bits per heavy atom. The number of nitro groups is 1. The fourth-order valence-corrected chi connectivity index (χ4v) is 1.46. The van der Waals surface area contributed by atoms with Crippen LogP contribution in [0.2, 0.25) is 0 Å². The molecule has 1 rings (SSSR count). The number of nitro benzene ring substituents is 1. The SMILES string of the molecule is CCP(=O)(O)Oc1cccc([N+](=O)[O-])c1. The standard InChI is InChI=1S/C8H10NO5P/c1-2-15(12,13)14-8-5-3-4-7(6-8)9(10)11/h3-6H,2H2,1H3,(H,12,13). The van der Waals surface area contributed by atoms with Gasteiger partial charge < -0.3 is 9.42 Å². The number of hydrogen-bond donors (Lipinski definition) is 1. The molecule has 82 valence electrons. The molecule has 1 unspecified atom stereocenters. The fraction of sp³-hybridized carbons (Fsp3) is 0.250. The zero-order chi connectivity index (χ0) is 11.5. The van der Waals surface area contributed by atoms with Gasteiger partial charge in [0.15, 0.2) is 0 Å². The molecule has 15 heavy (non-hydrogen) atoms. The van der Waals surface area contributed by atoms with Crippen molar-refractivity contribution in [1.29, 1.82) is 0 Å². The summed E-state index contributed by atoms with van der Waals surface area (Å²) in [5.41, 5.74) is -0.177. The van der Waals surface area contributed by atoms with Crippen LogP contribution in [-0.2, 0) is 4.57 Å². The van der Waals surface area contributed by atoms with E-state index in [-0.39, 0.29) is 17.6 Å². The highest BCUT2D eigenvalue weighted by Gasteiger charge is 2.18. The molecule has 0 saturated heterocycles. The van der Waals surface area contributed by atoms with Crippen molar-refractivity contribution in [2.75, 3.05) is 6.16 Å². The minimum atomic E-state index is -3.67. The van der Waals surface area contributed by atoms with E-state index in [1.807, 2.05) is 0 Å². The lowest BCUT2D eigenvalue weighted by Crippen LogP contribution is -1.95. The van der Waals surface area contributed by atoms with E-state index < -0.39 is 12.5 Å². The first-order chi connectivity index (χ1) is 6.94. The summed E-state index contributed by atoms with van der Waals surface area (Å²) in [5.74, 6) is 0.0249. The van der Waals surface area contributed by atoms with Gasteiger partial charge in [-0.25, -0.2) is 4.57 Å². The number of non-ortho nitro benzene ring substituents is 1. The zero-order valence-corrected chi connectivity index (χ0v) is 8.89. The van der Waals surface area contributed by atoms with Gasteiger partial charge in [-0.05, 0) is 6.07 Å². The first kappa shape index (κ1) is 11.7. The Bertz CT molecular complexity index is 419. The quantitative estimate of drug-likeness (QED) is 0.487. The van der Waals surface area contributed by atoms with Crippen LogP contribution >= 0.6 is 7.60 Å². The highest BCUT2D eigenvalue weighted by molar-refractivity contribution is 7.53. The van der Waals surface area contributed by atoms with E-state index in [4.69, 9.17) is 9.42 Å². The molecule has 0 aliphatic rings. The maximum atomic E-state index is 11.2. The van der Waals surface area contributed by atoms with E-state index in [0.29, 0.717) is 0 Å². The molecule has 0 aromatic heterocycles. The Morgan fingerprint density at radius 2 is 2.27 bits per heavy atom. The summed E-state index contributed by atoms with van der Waals surface area (Å²) in [6.07, 6.45) is -0.0459. The van der Waals surface area contributed by atoms with E-state index in [1.165, 1.54) is 25.1 Å². The van der Waals surface area contributed by atoms with Crippen molar-refractivity contribution in [1.82, 2.24) is 0 Å². The average molecular weight is 231 g/mol. The first-order valence-corrected chi connectivity index (χ1v) is 5.97. The van der Waals surface area contributed by atoms with Gasteiger partial charge in [-0.15, -0.1) is 0 Å². The third-order valence-corrected chi connectivity index (χ3v) is 2.97. The molecule has 1 atom stereocenters. The van der Waals surface area contributed by atoms with Crippen LogP contribution < -0.4 is 4.52 Å². The predicted molar refractivity (Wildman–Crippen MR) is 54.1 cm³/mol. The van der Waals surface area contributed by atoms with E-state index in [0.717, 1.165) is 6.07 Å². The van der Waals surface area contributed by atoms with Crippen LogP contribution in [0.15, 0.2) is 24.3 Å². The molecule has 7 heteroatoms. The molecule has 1 aromatic carbocycles. The second kappa shape index (κ2) is 4.42. The van der Waals surface area contributed by atoms with Gasteiger partial charge in [0, 0.05) is 6.07 Å². The van der Waals surface area contributed by atoms with E-state index in [1.54, 1.807) is 0 Å². The van der Waals surface area contributed by atoms with Gasteiger partial charge >= 0.3 is 7.60 Å². The first-order valence-electron chi connectivity index (χ1n) is 4.20. The molecular weight excluding hydrogens is 221 g/mol. The third-order valence-electron chi connectivity index (χ3n) is 1.68. The lowest BCUT2D eigenvalue weighted by atomic mass is 10.3. The smallest absolute Gasteiger partial charge is 0.376 e. The molecule has 0 fully saturated rings. The second-order valence-corrected chi connectivity index (χ2v) is 4.89. The van der Waals surface area contributed by atoms with E-state index >= 15 is 0 Å². The van der Waals surface area contributed by atoms with Crippen LogP contribution in [0.3, 0.4) is 0 Å². The Kier molecular flexibility index (Phi) is 3.44. The van der Waals surface area contributed by atoms with Gasteiger partial charge in [0.2, 0.25) is 0 Å². The lowest BCUT2D eigenvalue weighted by molar-refractivity contribution is -0.384. The number of hydrogen-bond acceptors (Lipinski definition) is 4. The summed E-state index contributed by atoms with van der Waals surface area (Å²) in [7, 11) is -3.67. The fourth-order valence-electron chi connectivity index (χ4n) is 0.883. The minimum absolute atomic E-state index is 0.0249. The predicted octanol–water partition coefficient (Wildman–Crippen LogP) is 2.18. The molecule has 0 bridgehead atoms. The Balaban J connectivity index is 2.92. The molecule has 0 radical (unpaired) electrons. The zero-order valence-electron chi connectivity index (χ0n) is 7.99. The normalized spacial score (nSPS) is 14.3. The summed E-state index contributed by atoms with van der Waals surface area (Å²) in [6, 6.07) is 5.17. The summed E-state index contributed by atoms with van der Waals surface area (Å²) >= 11 is 0. The van der Waals surface area contributed by atoms with Crippen LogP contribution in [0.25, 0.3) is 0 Å². The maximum Gasteiger partial charge on any atom is 0.376 e. The largest absolute Gasteiger partial charge is 0.424 e. The van der Waals surface area contributed by atoms with Gasteiger partial charge in [0.05, 0.1) is 17.2 Å². The van der Waals surface area contributed by atoms with Crippen LogP contribution in [0.4, 0.5) is 5.69 Å². The number of benzene rings is 1. The molecule has 0 amide bonds. The summed E-state index contributed by atoms with van der Waals surface area (Å²) in [6.45, 7) is 1.50. The molecule has 0 heterocycles. The molecule has 0 spiro atoms. The molecule has 1 N–H and O–H groups in total. The van der Waals surface area contributed by atoms with Crippen molar-refractivity contribution in [2.45, 2.75) is 6.92 Å². The van der Waals surface area contributed by atoms with E-state index in [2.05, 4.69) is 0 Å². The molecule has 0 aliphatic carbocycles. The lowest BCUT2D eigenvalue weighted by Gasteiger charge is -2.10. The molecule has 0 saturated carbocycles. The molecule has 6 nitrogen and oxygen atoms in total. The Hall–Kier alpha value is -1.39. The van der Waals surface area contributed by atoms with Crippen molar-refractivity contribution in [3.05, 3.63) is 34.4 Å². The van der Waals surface area contributed by atoms with Gasteiger partial charge in [-0.1, -0.05) is 13.0 Å². The molecule has 0 aliphatic heterocycles. The van der Waals surface area contributed by atoms with Gasteiger partial charge in [-0.2, -0.15) is 0 Å². The highest BCUT2D eigenvalue weighted by atomic mass is 31.2. The Labute approximate surface area is 86.2 Å². The monoisotopic (exact) mass is 231 g/mol. The maximum absolute atomic E-state index is 11.2. The van der Waals surface area contributed by atoms with Crippen LogP contribution in [0.5, 0.6) is 5.75 Å². The molecular formula is C8H10NO5P. The number of nitrogens with zero attached hydrogens (tertiary/aromatic N) is 1. The van der Waals surface area contributed by atoms with Crippen molar-refractivity contribution in [2.24, 2.45) is 0 Å². The summed E-state index contributed by atoms with van der Waals surface area (Å²) in [5, 5.41) is 10.4. The summed E-state index contributed by atoms with van der Waals surface area (Å²) in [4.78, 5) is 19.0. The highest BCUT2D eigenvalue weighted by Crippen LogP contribution is 2.42. The topological polar surface area (TPSA) is 89.7 Å². The van der Waals surface area contributed by atoms with Gasteiger partial charge in [0.1, 0.15) is 5.75 Å². The van der Waals surface area contributed by atoms with Gasteiger partial charge in [-0.3, -0.25) is 10.1 Å². The van der Waals surface area contributed by atoms with Crippen molar-refractivity contribution >= 4 is 13.3 Å². The van der Waals surface area contributed by atoms with Crippen LogP contribution in [-0.4, -0.2) is 16.0 Å². The molecule has 1 aromatic rings. The summed E-state index contributed by atoms with van der Waals surface area (Å²) < 4.78 is 15.9. The minimum Gasteiger partial charge on any atom is -0.424 e. The second-order valence-electron chi connectivity index (χ2n) is 2.80. The van der Waals surface area contributed by atoms with Crippen molar-refractivity contribution < 1.29 is 18.9 Å². The number of rotatable bonds is 4. The van der Waals surface area contributed by atoms with Crippen molar-refractivity contribution in [3.8, 4) is 5.75 Å². The van der Waals surface area contributed by atoms with Crippen molar-refractivity contribution in [3.63, 3.8) is 0 Å². The van der Waals surface area contributed by atoms with Gasteiger partial charge in [0.25, 0.3) is 5.69 Å².